The Labute approximate surface area is 174 Å². The van der Waals surface area contributed by atoms with Gasteiger partial charge >= 0.3 is 0 Å². The Kier molecular flexibility index (Phi) is 6.08. The number of hydrogen-bond acceptors (Lipinski definition) is 6. The SMILES string of the molecule is COc1cccc(C(=O)N2CCCCC2C2CCN(C(=O)c3csnn3)CC2)c1. The number of hydrogen-bond donors (Lipinski definition) is 0. The molecule has 7 nitrogen and oxygen atoms in total. The van der Waals surface area contributed by atoms with E-state index in [1.807, 2.05) is 29.2 Å². The molecule has 0 spiro atoms. The van der Waals surface area contributed by atoms with Gasteiger partial charge in [-0.15, -0.1) is 5.10 Å². The zero-order chi connectivity index (χ0) is 20.2. The summed E-state index contributed by atoms with van der Waals surface area (Å²) in [7, 11) is 1.62. The fraction of sp³-hybridized carbons (Fsp3) is 0.524. The van der Waals surface area contributed by atoms with Crippen LogP contribution in [0.25, 0.3) is 0 Å². The van der Waals surface area contributed by atoms with Gasteiger partial charge in [0.1, 0.15) is 5.75 Å². The second-order valence-corrected chi connectivity index (χ2v) is 8.32. The fourth-order valence-electron chi connectivity index (χ4n) is 4.53. The Morgan fingerprint density at radius 2 is 1.93 bits per heavy atom. The second kappa shape index (κ2) is 8.90. The maximum Gasteiger partial charge on any atom is 0.275 e. The summed E-state index contributed by atoms with van der Waals surface area (Å²) in [5.41, 5.74) is 1.11. The fourth-order valence-corrected chi connectivity index (χ4v) is 4.96. The summed E-state index contributed by atoms with van der Waals surface area (Å²) < 4.78 is 9.07. The maximum absolute atomic E-state index is 13.2. The van der Waals surface area contributed by atoms with Crippen molar-refractivity contribution in [3.63, 3.8) is 0 Å². The molecule has 2 aliphatic heterocycles. The molecule has 154 valence electrons. The highest BCUT2D eigenvalue weighted by molar-refractivity contribution is 7.03. The Balaban J connectivity index is 1.43. The molecule has 2 saturated heterocycles. The summed E-state index contributed by atoms with van der Waals surface area (Å²) in [6.07, 6.45) is 5.05. The first-order valence-electron chi connectivity index (χ1n) is 10.2. The van der Waals surface area contributed by atoms with Crippen LogP contribution < -0.4 is 4.74 Å². The number of methoxy groups -OCH3 is 1. The second-order valence-electron chi connectivity index (χ2n) is 7.71. The Morgan fingerprint density at radius 1 is 1.10 bits per heavy atom. The van der Waals surface area contributed by atoms with E-state index in [0.717, 1.165) is 38.6 Å². The number of piperidine rings is 2. The maximum atomic E-state index is 13.2. The van der Waals surface area contributed by atoms with Crippen molar-refractivity contribution in [2.75, 3.05) is 26.7 Å². The molecular formula is C21H26N4O3S. The van der Waals surface area contributed by atoms with Crippen LogP contribution >= 0.6 is 11.5 Å². The zero-order valence-corrected chi connectivity index (χ0v) is 17.4. The van der Waals surface area contributed by atoms with E-state index in [-0.39, 0.29) is 17.9 Å². The third kappa shape index (κ3) is 4.27. The van der Waals surface area contributed by atoms with E-state index in [2.05, 4.69) is 14.5 Å². The minimum absolute atomic E-state index is 0.0369. The lowest BCUT2D eigenvalue weighted by atomic mass is 9.83. The molecule has 8 heteroatoms. The first-order chi connectivity index (χ1) is 14.2. The van der Waals surface area contributed by atoms with Gasteiger partial charge in [-0.1, -0.05) is 10.6 Å². The average molecular weight is 415 g/mol. The first kappa shape index (κ1) is 19.8. The molecule has 1 unspecified atom stereocenters. The molecule has 0 N–H and O–H groups in total. The summed E-state index contributed by atoms with van der Waals surface area (Å²) in [5.74, 6) is 1.17. The predicted molar refractivity (Wildman–Crippen MR) is 110 cm³/mol. The van der Waals surface area contributed by atoms with E-state index in [1.165, 1.54) is 11.5 Å². The van der Waals surface area contributed by atoms with Gasteiger partial charge in [0.15, 0.2) is 5.69 Å². The summed E-state index contributed by atoms with van der Waals surface area (Å²) in [4.78, 5) is 29.7. The van der Waals surface area contributed by atoms with Crippen LogP contribution in [0.4, 0.5) is 0 Å². The van der Waals surface area contributed by atoms with Crippen molar-refractivity contribution in [3.05, 3.63) is 40.9 Å². The first-order valence-corrected chi connectivity index (χ1v) is 11.0. The quantitative estimate of drug-likeness (QED) is 0.768. The van der Waals surface area contributed by atoms with E-state index in [4.69, 9.17) is 4.74 Å². The number of ether oxygens (including phenoxy) is 1. The van der Waals surface area contributed by atoms with Crippen LogP contribution in [0.3, 0.4) is 0 Å². The number of aromatic nitrogens is 2. The van der Waals surface area contributed by atoms with Crippen molar-refractivity contribution < 1.29 is 14.3 Å². The molecule has 4 rings (SSSR count). The summed E-state index contributed by atoms with van der Waals surface area (Å²) in [6, 6.07) is 7.63. The number of nitrogens with zero attached hydrogens (tertiary/aromatic N) is 4. The molecule has 1 aromatic heterocycles. The monoisotopic (exact) mass is 414 g/mol. The largest absolute Gasteiger partial charge is 0.497 e. The molecular weight excluding hydrogens is 388 g/mol. The van der Waals surface area contributed by atoms with Crippen LogP contribution in [0.1, 0.15) is 53.0 Å². The molecule has 1 aromatic carbocycles. The molecule has 2 fully saturated rings. The molecule has 0 radical (unpaired) electrons. The molecule has 2 amide bonds. The molecule has 2 aromatic rings. The van der Waals surface area contributed by atoms with Crippen molar-refractivity contribution in [3.8, 4) is 5.75 Å². The van der Waals surface area contributed by atoms with Crippen LogP contribution in [-0.4, -0.2) is 64.0 Å². The van der Waals surface area contributed by atoms with Crippen LogP contribution in [0.5, 0.6) is 5.75 Å². The lowest BCUT2D eigenvalue weighted by molar-refractivity contribution is 0.0373. The zero-order valence-electron chi connectivity index (χ0n) is 16.6. The lowest BCUT2D eigenvalue weighted by Crippen LogP contribution is -2.51. The van der Waals surface area contributed by atoms with E-state index < -0.39 is 0 Å². The average Bonchev–Trinajstić information content (AvgIpc) is 3.33. The molecule has 1 atom stereocenters. The van der Waals surface area contributed by atoms with Crippen molar-refractivity contribution >= 4 is 23.3 Å². The third-order valence-electron chi connectivity index (χ3n) is 6.08. The van der Waals surface area contributed by atoms with Crippen LogP contribution in [0.15, 0.2) is 29.6 Å². The van der Waals surface area contributed by atoms with E-state index >= 15 is 0 Å². The van der Waals surface area contributed by atoms with Crippen molar-refractivity contribution in [2.45, 2.75) is 38.1 Å². The Morgan fingerprint density at radius 3 is 2.66 bits per heavy atom. The molecule has 0 saturated carbocycles. The van der Waals surface area contributed by atoms with Gasteiger partial charge in [0, 0.05) is 36.6 Å². The lowest BCUT2D eigenvalue weighted by Gasteiger charge is -2.43. The molecule has 0 aliphatic carbocycles. The van der Waals surface area contributed by atoms with Gasteiger partial charge in [-0.05, 0) is 67.8 Å². The minimum Gasteiger partial charge on any atom is -0.497 e. The third-order valence-corrected chi connectivity index (χ3v) is 6.58. The Hall–Kier alpha value is -2.48. The standard InChI is InChI=1S/C21H26N4O3S/c1-28-17-6-4-5-16(13-17)20(26)25-10-3-2-7-19(25)15-8-11-24(12-9-15)21(27)18-14-29-23-22-18/h4-6,13-15,19H,2-3,7-12H2,1H3. The van der Waals surface area contributed by atoms with Gasteiger partial charge in [-0.2, -0.15) is 0 Å². The van der Waals surface area contributed by atoms with Gasteiger partial charge in [-0.25, -0.2) is 0 Å². The highest BCUT2D eigenvalue weighted by Crippen LogP contribution is 2.32. The van der Waals surface area contributed by atoms with Crippen molar-refractivity contribution in [1.29, 1.82) is 0 Å². The van der Waals surface area contributed by atoms with Crippen LogP contribution in [-0.2, 0) is 0 Å². The number of carbonyl (C=O) groups excluding carboxylic acids is 2. The normalized spacial score (nSPS) is 20.5. The van der Waals surface area contributed by atoms with Gasteiger partial charge < -0.3 is 14.5 Å². The van der Waals surface area contributed by atoms with Gasteiger partial charge in [0.25, 0.3) is 11.8 Å². The van der Waals surface area contributed by atoms with Crippen molar-refractivity contribution in [2.24, 2.45) is 5.92 Å². The highest BCUT2D eigenvalue weighted by Gasteiger charge is 2.36. The highest BCUT2D eigenvalue weighted by atomic mass is 32.1. The summed E-state index contributed by atoms with van der Waals surface area (Å²) in [6.45, 7) is 2.21. The Bertz CT molecular complexity index is 849. The number of rotatable bonds is 4. The molecule has 0 bridgehead atoms. The number of benzene rings is 1. The number of carbonyl (C=O) groups is 2. The van der Waals surface area contributed by atoms with Crippen LogP contribution in [0, 0.1) is 5.92 Å². The van der Waals surface area contributed by atoms with Gasteiger partial charge in [-0.3, -0.25) is 9.59 Å². The molecule has 29 heavy (non-hydrogen) atoms. The number of likely N-dealkylation sites (tertiary alicyclic amines) is 2. The predicted octanol–water partition coefficient (Wildman–Crippen LogP) is 3.09. The van der Waals surface area contributed by atoms with Crippen LogP contribution in [0.2, 0.25) is 0 Å². The van der Waals surface area contributed by atoms with Gasteiger partial charge in [0.05, 0.1) is 7.11 Å². The van der Waals surface area contributed by atoms with E-state index in [9.17, 15) is 9.59 Å². The smallest absolute Gasteiger partial charge is 0.275 e. The van der Waals surface area contributed by atoms with Gasteiger partial charge in [0.2, 0.25) is 0 Å². The molecule has 2 aliphatic rings. The van der Waals surface area contributed by atoms with Crippen molar-refractivity contribution in [1.82, 2.24) is 19.4 Å². The van der Waals surface area contributed by atoms with E-state index in [1.54, 1.807) is 12.5 Å². The number of amides is 2. The summed E-state index contributed by atoms with van der Waals surface area (Å²) >= 11 is 1.20. The summed E-state index contributed by atoms with van der Waals surface area (Å²) in [5, 5.41) is 5.60. The topological polar surface area (TPSA) is 75.6 Å². The van der Waals surface area contributed by atoms with E-state index in [0.29, 0.717) is 36.0 Å². The molecule has 3 heterocycles. The minimum atomic E-state index is -0.0369.